The van der Waals surface area contributed by atoms with Crippen molar-refractivity contribution in [1.29, 1.82) is 0 Å². The quantitative estimate of drug-likeness (QED) is 0.545. The third-order valence-corrected chi connectivity index (χ3v) is 0.839. The lowest BCUT2D eigenvalue weighted by Gasteiger charge is -1.95. The molecule has 1 nitrogen and oxygen atoms in total. The number of allylic oxidation sites excluding steroid dienone is 2. The molecule has 0 saturated heterocycles. The summed E-state index contributed by atoms with van der Waals surface area (Å²) in [5.41, 5.74) is 0. The van der Waals surface area contributed by atoms with Crippen LogP contribution in [-0.4, -0.2) is 5.11 Å². The Bertz CT molecular complexity index is 82.4. The van der Waals surface area contributed by atoms with Gasteiger partial charge in [-0.3, -0.25) is 0 Å². The minimum absolute atomic E-state index is 0.218. The Morgan fingerprint density at radius 1 is 1.88 bits per heavy atom. The van der Waals surface area contributed by atoms with Gasteiger partial charge in [0.25, 0.3) is 0 Å². The molecule has 0 aromatic carbocycles. The molecule has 8 heavy (non-hydrogen) atoms. The largest absolute Gasteiger partial charge is 0.513 e. The molecule has 1 heteroatoms. The first kappa shape index (κ1) is 7.54. The van der Waals surface area contributed by atoms with E-state index >= 15 is 0 Å². The van der Waals surface area contributed by atoms with Crippen LogP contribution < -0.4 is 0 Å². The van der Waals surface area contributed by atoms with Crippen molar-refractivity contribution in [1.82, 2.24) is 0 Å². The van der Waals surface area contributed by atoms with E-state index < -0.39 is 0 Å². The van der Waals surface area contributed by atoms with Gasteiger partial charge in [0, 0.05) is 6.42 Å². The van der Waals surface area contributed by atoms with Gasteiger partial charge in [0.05, 0.1) is 5.76 Å². The summed E-state index contributed by atoms with van der Waals surface area (Å²) in [5, 5.41) is 8.85. The van der Waals surface area contributed by atoms with E-state index in [0.717, 1.165) is 0 Å². The highest BCUT2D eigenvalue weighted by Crippen LogP contribution is 2.00. The first-order valence-electron chi connectivity index (χ1n) is 2.89. The molecular formula is C7H13O. The van der Waals surface area contributed by atoms with E-state index in [2.05, 4.69) is 6.92 Å². The van der Waals surface area contributed by atoms with Gasteiger partial charge in [-0.25, -0.2) is 0 Å². The first-order chi connectivity index (χ1) is 3.66. The van der Waals surface area contributed by atoms with Gasteiger partial charge >= 0.3 is 0 Å². The van der Waals surface area contributed by atoms with Gasteiger partial charge in [-0.1, -0.05) is 13.8 Å². The van der Waals surface area contributed by atoms with Gasteiger partial charge in [-0.2, -0.15) is 0 Å². The van der Waals surface area contributed by atoms with E-state index in [1.54, 1.807) is 6.08 Å². The van der Waals surface area contributed by atoms with Crippen molar-refractivity contribution >= 4 is 0 Å². The Morgan fingerprint density at radius 2 is 2.38 bits per heavy atom. The summed E-state index contributed by atoms with van der Waals surface area (Å²) < 4.78 is 0. The van der Waals surface area contributed by atoms with Gasteiger partial charge in [0.1, 0.15) is 0 Å². The summed E-state index contributed by atoms with van der Waals surface area (Å²) in [5.74, 6) is 0.655. The van der Waals surface area contributed by atoms with Crippen LogP contribution in [0.3, 0.4) is 0 Å². The average molecular weight is 113 g/mol. The molecule has 0 spiro atoms. The minimum Gasteiger partial charge on any atom is -0.513 e. The molecule has 0 aromatic heterocycles. The number of hydrogen-bond donors (Lipinski definition) is 1. The minimum atomic E-state index is 0.218. The highest BCUT2D eigenvalue weighted by Gasteiger charge is 1.89. The zero-order valence-electron chi connectivity index (χ0n) is 5.52. The Balaban J connectivity index is 3.56. The molecule has 47 valence electrons. The molecule has 0 aliphatic heterocycles. The molecule has 0 bridgehead atoms. The van der Waals surface area contributed by atoms with Crippen LogP contribution in [0.1, 0.15) is 20.3 Å². The fraction of sp³-hybridized carbons (Fsp3) is 0.571. The van der Waals surface area contributed by atoms with Gasteiger partial charge in [-0.15, -0.1) is 0 Å². The van der Waals surface area contributed by atoms with Crippen LogP contribution in [0.5, 0.6) is 0 Å². The molecule has 0 aliphatic carbocycles. The Morgan fingerprint density at radius 3 is 2.50 bits per heavy atom. The number of aliphatic hydroxyl groups excluding tert-OH is 1. The maximum Gasteiger partial charge on any atom is 0.0882 e. The number of aliphatic hydroxyl groups is 1. The second-order valence-corrected chi connectivity index (χ2v) is 1.99. The fourth-order valence-electron chi connectivity index (χ4n) is 0.446. The summed E-state index contributed by atoms with van der Waals surface area (Å²) in [7, 11) is 0. The first-order valence-corrected chi connectivity index (χ1v) is 2.89. The van der Waals surface area contributed by atoms with Crippen molar-refractivity contribution in [2.45, 2.75) is 20.3 Å². The van der Waals surface area contributed by atoms with Crippen molar-refractivity contribution in [2.75, 3.05) is 0 Å². The summed E-state index contributed by atoms with van der Waals surface area (Å²) in [4.78, 5) is 0. The monoisotopic (exact) mass is 113 g/mol. The maximum absolute atomic E-state index is 8.85. The maximum atomic E-state index is 8.85. The van der Waals surface area contributed by atoms with Crippen molar-refractivity contribution < 1.29 is 5.11 Å². The molecule has 0 heterocycles. The van der Waals surface area contributed by atoms with Crippen molar-refractivity contribution in [3.63, 3.8) is 0 Å². The van der Waals surface area contributed by atoms with Gasteiger partial charge in [0.2, 0.25) is 0 Å². The Kier molecular flexibility index (Phi) is 3.33. The fourth-order valence-corrected chi connectivity index (χ4v) is 0.446. The van der Waals surface area contributed by atoms with E-state index in [-0.39, 0.29) is 5.92 Å². The molecular weight excluding hydrogens is 100 g/mol. The molecule has 0 aromatic rings. The van der Waals surface area contributed by atoms with Crippen LogP contribution in [0.2, 0.25) is 0 Å². The van der Waals surface area contributed by atoms with Crippen LogP contribution in [0, 0.1) is 12.8 Å². The smallest absolute Gasteiger partial charge is 0.0882 e. The molecule has 0 amide bonds. The van der Waals surface area contributed by atoms with Gasteiger partial charge in [0.15, 0.2) is 0 Å². The summed E-state index contributed by atoms with van der Waals surface area (Å²) in [6.07, 6.45) is 2.46. The summed E-state index contributed by atoms with van der Waals surface area (Å²) in [6.45, 7) is 7.54. The SMILES string of the molecule is [CH2]C(C)C=C(O)CC. The Labute approximate surface area is 51.0 Å². The molecule has 0 saturated carbocycles. The predicted molar refractivity (Wildman–Crippen MR) is 35.5 cm³/mol. The van der Waals surface area contributed by atoms with Crippen LogP contribution >= 0.6 is 0 Å². The van der Waals surface area contributed by atoms with E-state index in [4.69, 9.17) is 5.11 Å². The van der Waals surface area contributed by atoms with E-state index in [1.165, 1.54) is 0 Å². The molecule has 1 radical (unpaired) electrons. The Hall–Kier alpha value is -0.460. The highest BCUT2D eigenvalue weighted by atomic mass is 16.3. The lowest BCUT2D eigenvalue weighted by molar-refractivity contribution is 0.389. The normalized spacial score (nSPS) is 12.8. The van der Waals surface area contributed by atoms with Crippen molar-refractivity contribution in [3.05, 3.63) is 18.8 Å². The van der Waals surface area contributed by atoms with Crippen LogP contribution in [0.4, 0.5) is 0 Å². The van der Waals surface area contributed by atoms with E-state index in [0.29, 0.717) is 12.2 Å². The molecule has 0 aliphatic rings. The third-order valence-electron chi connectivity index (χ3n) is 0.839. The van der Waals surface area contributed by atoms with Crippen molar-refractivity contribution in [3.8, 4) is 0 Å². The number of rotatable bonds is 2. The predicted octanol–water partition coefficient (Wildman–Crippen LogP) is 2.31. The second kappa shape index (κ2) is 3.53. The molecule has 1 unspecified atom stereocenters. The van der Waals surface area contributed by atoms with E-state index in [9.17, 15) is 0 Å². The molecule has 1 atom stereocenters. The summed E-state index contributed by atoms with van der Waals surface area (Å²) >= 11 is 0. The summed E-state index contributed by atoms with van der Waals surface area (Å²) in [6, 6.07) is 0. The van der Waals surface area contributed by atoms with Gasteiger partial charge < -0.3 is 5.11 Å². The molecule has 1 N–H and O–H groups in total. The second-order valence-electron chi connectivity index (χ2n) is 1.99. The zero-order valence-corrected chi connectivity index (χ0v) is 5.52. The van der Waals surface area contributed by atoms with Crippen LogP contribution in [0.15, 0.2) is 11.8 Å². The topological polar surface area (TPSA) is 20.2 Å². The standard InChI is InChI=1S/C7H13O/c1-4-7(8)5-6(2)3/h5-6,8H,2,4H2,1,3H3. The average Bonchev–Trinajstić information content (AvgIpc) is 1.65. The lowest BCUT2D eigenvalue weighted by Crippen LogP contribution is -1.83. The number of hydrogen-bond acceptors (Lipinski definition) is 1. The van der Waals surface area contributed by atoms with E-state index in [1.807, 2.05) is 13.8 Å². The third kappa shape index (κ3) is 3.72. The van der Waals surface area contributed by atoms with Crippen molar-refractivity contribution in [2.24, 2.45) is 5.92 Å². The molecule has 0 fully saturated rings. The molecule has 0 rings (SSSR count). The van der Waals surface area contributed by atoms with Crippen LogP contribution in [-0.2, 0) is 0 Å². The van der Waals surface area contributed by atoms with Gasteiger partial charge in [-0.05, 0) is 18.9 Å². The lowest BCUT2D eigenvalue weighted by atomic mass is 10.2. The van der Waals surface area contributed by atoms with Crippen LogP contribution in [0.25, 0.3) is 0 Å². The zero-order chi connectivity index (χ0) is 6.57. The highest BCUT2D eigenvalue weighted by molar-refractivity contribution is 4.93.